The maximum Gasteiger partial charge on any atom is 0.263 e. The van der Waals surface area contributed by atoms with Crippen LogP contribution in [-0.4, -0.2) is 66.2 Å². The van der Waals surface area contributed by atoms with Gasteiger partial charge in [-0.15, -0.1) is 11.3 Å². The van der Waals surface area contributed by atoms with Gasteiger partial charge < -0.3 is 19.5 Å². The highest BCUT2D eigenvalue weighted by Crippen LogP contribution is 2.27. The van der Waals surface area contributed by atoms with Gasteiger partial charge in [0.25, 0.3) is 10.0 Å². The highest BCUT2D eigenvalue weighted by Gasteiger charge is 2.33. The van der Waals surface area contributed by atoms with Crippen LogP contribution in [0.5, 0.6) is 0 Å². The van der Waals surface area contributed by atoms with Gasteiger partial charge in [0.05, 0.1) is 23.1 Å². The predicted octanol–water partition coefficient (Wildman–Crippen LogP) is 4.81. The quantitative estimate of drug-likeness (QED) is 0.332. The first-order chi connectivity index (χ1) is 17.8. The van der Waals surface area contributed by atoms with E-state index >= 15 is 0 Å². The Labute approximate surface area is 229 Å². The average Bonchev–Trinajstić information content (AvgIpc) is 3.57. The van der Waals surface area contributed by atoms with Crippen LogP contribution in [0.1, 0.15) is 18.7 Å². The van der Waals surface area contributed by atoms with Crippen molar-refractivity contribution in [3.63, 3.8) is 0 Å². The van der Waals surface area contributed by atoms with E-state index in [1.54, 1.807) is 34.5 Å². The zero-order chi connectivity index (χ0) is 26.2. The smallest absolute Gasteiger partial charge is 0.263 e. The molecular weight excluding hydrogens is 534 g/mol. The number of aromatic nitrogens is 2. The van der Waals surface area contributed by atoms with Crippen molar-refractivity contribution in [1.29, 1.82) is 0 Å². The number of amides is 1. The van der Waals surface area contributed by atoms with Crippen molar-refractivity contribution in [2.75, 3.05) is 35.9 Å². The minimum Gasteiger partial charge on any atom is -0.394 e. The summed E-state index contributed by atoms with van der Waals surface area (Å²) in [6.07, 6.45) is 3.41. The fraction of sp³-hybridized carbons (Fsp3) is 0.280. The van der Waals surface area contributed by atoms with Crippen LogP contribution in [0.15, 0.2) is 71.2 Å². The molecule has 2 aromatic carbocycles. The summed E-state index contributed by atoms with van der Waals surface area (Å²) in [6, 6.07) is 13.2. The molecule has 3 heterocycles. The molecule has 2 atom stereocenters. The maximum atomic E-state index is 13.5. The number of fused-ring (bicyclic) bond motifs is 1. The second kappa shape index (κ2) is 10.3. The molecule has 5 rings (SSSR count). The molecule has 1 amide bonds. The summed E-state index contributed by atoms with van der Waals surface area (Å²) in [5, 5.41) is 13.7. The number of sulfonamides is 1. The number of hydrogen-bond donors (Lipinski definition) is 2. The fourth-order valence-corrected chi connectivity index (χ4v) is 6.59. The lowest BCUT2D eigenvalue weighted by Crippen LogP contribution is -2.57. The number of rotatable bonds is 7. The molecule has 1 saturated heterocycles. The molecule has 2 aromatic heterocycles. The summed E-state index contributed by atoms with van der Waals surface area (Å²) < 4.78 is 29.6. The largest absolute Gasteiger partial charge is 0.394 e. The van der Waals surface area contributed by atoms with Gasteiger partial charge in [0.15, 0.2) is 5.13 Å². The Morgan fingerprint density at radius 1 is 1.24 bits per heavy atom. The third-order valence-electron chi connectivity index (χ3n) is 6.60. The van der Waals surface area contributed by atoms with Crippen molar-refractivity contribution < 1.29 is 24.0 Å². The Balaban J connectivity index is 0.00000210. The molecule has 37 heavy (non-hydrogen) atoms. The van der Waals surface area contributed by atoms with Gasteiger partial charge in [0.1, 0.15) is 6.04 Å². The highest BCUT2D eigenvalue weighted by molar-refractivity contribution is 7.93. The molecule has 1 aliphatic heterocycles. The van der Waals surface area contributed by atoms with Crippen LogP contribution >= 0.6 is 22.9 Å². The fourth-order valence-electron chi connectivity index (χ4n) is 4.64. The lowest BCUT2D eigenvalue weighted by Gasteiger charge is -2.42. The Bertz CT molecular complexity index is 1520. The number of thiazole rings is 1. The molecule has 0 bridgehead atoms. The summed E-state index contributed by atoms with van der Waals surface area (Å²) in [7, 11) is -3.74. The number of carbonyl (C=O) groups is 1. The number of piperazine rings is 1. The van der Waals surface area contributed by atoms with Crippen LogP contribution in [0.25, 0.3) is 10.9 Å². The highest BCUT2D eigenvalue weighted by atomic mass is 35.5. The number of aliphatic hydroxyl groups excluding tert-OH is 1. The van der Waals surface area contributed by atoms with Gasteiger partial charge in [-0.1, -0.05) is 17.7 Å². The second-order valence-corrected chi connectivity index (χ2v) is 11.9. The first-order valence-corrected chi connectivity index (χ1v) is 14.5. The van der Waals surface area contributed by atoms with Crippen molar-refractivity contribution in [3.05, 3.63) is 71.3 Å². The van der Waals surface area contributed by atoms with E-state index in [0.29, 0.717) is 29.8 Å². The predicted molar refractivity (Wildman–Crippen MR) is 154 cm³/mol. The molecule has 202 valence electrons. The molecule has 0 aliphatic carbocycles. The number of nitrogens with zero attached hydrogens (tertiary/aromatic N) is 4. The molecule has 1 fully saturated rings. The van der Waals surface area contributed by atoms with E-state index in [-0.39, 0.29) is 23.1 Å². The molecule has 9 nitrogen and oxygen atoms in total. The zero-order valence-electron chi connectivity index (χ0n) is 20.0. The number of benzene rings is 2. The van der Waals surface area contributed by atoms with Gasteiger partial charge >= 0.3 is 0 Å². The molecule has 4 aromatic rings. The van der Waals surface area contributed by atoms with Gasteiger partial charge in [-0.2, -0.15) is 0 Å². The normalized spacial score (nSPS) is 17.2. The van der Waals surface area contributed by atoms with E-state index < -0.39 is 22.1 Å². The van der Waals surface area contributed by atoms with Crippen molar-refractivity contribution in [2.24, 2.45) is 0 Å². The standard InChI is InChI=1S/C25H26ClN5O4S2.4H2/c1-17(30-10-8-18-2-3-19(26)14-23(18)30)24(33)31-12-11-29(15-21(31)16-32)20-4-6-22(7-5-20)37(34,35)28-25-27-9-13-36-25;;;;/h2-10,13-14,17,21,32H,11-12,15-16H2,1H3,(H,27,28);4*1H/t17-,21-;;;;/m0..../s1. The molecular formula is C25H34ClN5O4S2. The Hall–Kier alpha value is -3.12. The van der Waals surface area contributed by atoms with Crippen LogP contribution in [-0.2, 0) is 14.8 Å². The van der Waals surface area contributed by atoms with E-state index in [4.69, 9.17) is 11.6 Å². The SMILES string of the molecule is C[C@@H](C(=O)N1CCN(c2ccc(S(=O)(=O)Nc3nccs3)cc2)C[C@H]1CO)n1ccc2ccc(Cl)cc21.[HH].[HH].[HH].[HH]. The van der Waals surface area contributed by atoms with Crippen molar-refractivity contribution in [3.8, 4) is 0 Å². The molecule has 1 aliphatic rings. The van der Waals surface area contributed by atoms with Gasteiger partial charge in [0, 0.05) is 53.8 Å². The molecule has 2 N–H and O–H groups in total. The zero-order valence-corrected chi connectivity index (χ0v) is 22.4. The summed E-state index contributed by atoms with van der Waals surface area (Å²) in [5.74, 6) is -0.0779. The topological polar surface area (TPSA) is 108 Å². The lowest BCUT2D eigenvalue weighted by molar-refractivity contribution is -0.138. The molecule has 0 radical (unpaired) electrons. The van der Waals surface area contributed by atoms with Gasteiger partial charge in [-0.3, -0.25) is 9.52 Å². The summed E-state index contributed by atoms with van der Waals surface area (Å²) in [4.78, 5) is 21.4. The number of aliphatic hydroxyl groups is 1. The lowest BCUT2D eigenvalue weighted by atomic mass is 10.1. The Morgan fingerprint density at radius 2 is 2.03 bits per heavy atom. The number of anilines is 2. The molecule has 0 saturated carbocycles. The number of carbonyl (C=O) groups excluding carboxylic acids is 1. The maximum absolute atomic E-state index is 13.5. The Kier molecular flexibility index (Phi) is 7.13. The second-order valence-electron chi connectivity index (χ2n) is 8.85. The summed E-state index contributed by atoms with van der Waals surface area (Å²) in [6.45, 7) is 3.08. The first-order valence-electron chi connectivity index (χ1n) is 11.7. The Morgan fingerprint density at radius 3 is 2.73 bits per heavy atom. The van der Waals surface area contributed by atoms with Crippen molar-refractivity contribution in [2.45, 2.75) is 23.9 Å². The van der Waals surface area contributed by atoms with Gasteiger partial charge in [-0.05, 0) is 54.8 Å². The van der Waals surface area contributed by atoms with Crippen LogP contribution in [0.3, 0.4) is 0 Å². The molecule has 0 unspecified atom stereocenters. The van der Waals surface area contributed by atoms with Crippen LogP contribution in [0.2, 0.25) is 5.02 Å². The molecule has 12 heteroatoms. The number of hydrogen-bond acceptors (Lipinski definition) is 7. The van der Waals surface area contributed by atoms with Crippen molar-refractivity contribution in [1.82, 2.24) is 14.5 Å². The molecule has 0 spiro atoms. The monoisotopic (exact) mass is 567 g/mol. The van der Waals surface area contributed by atoms with E-state index in [0.717, 1.165) is 16.6 Å². The first kappa shape index (κ1) is 25.5. The van der Waals surface area contributed by atoms with E-state index in [1.165, 1.54) is 17.5 Å². The third-order valence-corrected chi connectivity index (χ3v) is 9.01. The van der Waals surface area contributed by atoms with E-state index in [9.17, 15) is 18.3 Å². The number of nitrogens with one attached hydrogen (secondary N) is 1. The van der Waals surface area contributed by atoms with Crippen LogP contribution in [0.4, 0.5) is 10.8 Å². The van der Waals surface area contributed by atoms with E-state index in [2.05, 4.69) is 9.71 Å². The third kappa shape index (κ3) is 5.17. The van der Waals surface area contributed by atoms with Gasteiger partial charge in [0.2, 0.25) is 5.91 Å². The van der Waals surface area contributed by atoms with Crippen molar-refractivity contribution >= 4 is 60.6 Å². The van der Waals surface area contributed by atoms with Gasteiger partial charge in [-0.25, -0.2) is 13.4 Å². The van der Waals surface area contributed by atoms with Crippen LogP contribution < -0.4 is 9.62 Å². The minimum absolute atomic E-state index is 0. The number of halogens is 1. The van der Waals surface area contributed by atoms with E-state index in [1.807, 2.05) is 46.9 Å². The minimum atomic E-state index is -3.74. The summed E-state index contributed by atoms with van der Waals surface area (Å²) >= 11 is 7.38. The summed E-state index contributed by atoms with van der Waals surface area (Å²) in [5.41, 5.74) is 1.70. The van der Waals surface area contributed by atoms with Crippen LogP contribution in [0, 0.1) is 0 Å². The average molecular weight is 568 g/mol.